The summed E-state index contributed by atoms with van der Waals surface area (Å²) in [7, 11) is 0. The summed E-state index contributed by atoms with van der Waals surface area (Å²) in [6, 6.07) is 14.6. The van der Waals surface area contributed by atoms with Crippen LogP contribution in [0.1, 0.15) is 16.1 Å². The van der Waals surface area contributed by atoms with Crippen molar-refractivity contribution >= 4 is 38.7 Å². The molecule has 0 bridgehead atoms. The number of aromatic nitrogens is 3. The number of rotatable bonds is 4. The smallest absolute Gasteiger partial charge is 0.353 e. The molecule has 4 aromatic heterocycles. The van der Waals surface area contributed by atoms with E-state index in [1.807, 2.05) is 12.1 Å². The Hall–Kier alpha value is -4.92. The molecule has 2 aromatic carbocycles. The zero-order valence-electron chi connectivity index (χ0n) is 18.0. The number of benzene rings is 2. The number of hydrogen-bond acceptors (Lipinski definition) is 4. The Bertz CT molecular complexity index is 1930. The Kier molecular flexibility index (Phi) is 4.46. The normalized spacial score (nSPS) is 11.6. The molecule has 0 aliphatic rings. The molecule has 8 nitrogen and oxygen atoms in total. The van der Waals surface area contributed by atoms with Gasteiger partial charge in [-0.1, -0.05) is 18.2 Å². The number of H-pyrrole nitrogens is 2. The largest absolute Gasteiger partial charge is 0.477 e. The minimum absolute atomic E-state index is 0.0883. The Labute approximate surface area is 194 Å². The number of hydrogen-bond donors (Lipinski definition) is 3. The van der Waals surface area contributed by atoms with Crippen molar-refractivity contribution < 1.29 is 18.7 Å². The lowest BCUT2D eigenvalue weighted by Gasteiger charge is -2.10. The lowest BCUT2D eigenvalue weighted by atomic mass is 10.0. The summed E-state index contributed by atoms with van der Waals surface area (Å²) in [4.78, 5) is 43.5. The molecule has 0 aliphatic heterocycles. The fourth-order valence-corrected chi connectivity index (χ4v) is 4.65. The highest BCUT2D eigenvalue weighted by Crippen LogP contribution is 2.40. The van der Waals surface area contributed by atoms with Gasteiger partial charge in [0, 0.05) is 22.8 Å². The van der Waals surface area contributed by atoms with Crippen LogP contribution in [-0.4, -0.2) is 25.6 Å². The van der Waals surface area contributed by atoms with E-state index in [0.717, 1.165) is 5.39 Å². The average molecular weight is 469 g/mol. The minimum Gasteiger partial charge on any atom is -0.477 e. The fourth-order valence-electron chi connectivity index (χ4n) is 4.65. The number of carboxylic acids is 1. The van der Waals surface area contributed by atoms with Crippen LogP contribution in [0.25, 0.3) is 43.9 Å². The molecule has 9 heteroatoms. The summed E-state index contributed by atoms with van der Waals surface area (Å²) in [5.74, 6) is -1.95. The number of nitrogens with zero attached hydrogens (tertiary/aromatic N) is 1. The molecule has 0 atom stereocenters. The monoisotopic (exact) mass is 469 g/mol. The predicted octanol–water partition coefficient (Wildman–Crippen LogP) is 4.47. The molecule has 0 radical (unpaired) electrons. The van der Waals surface area contributed by atoms with E-state index >= 15 is 4.39 Å². The Balaban J connectivity index is 1.74. The third-order valence-corrected chi connectivity index (χ3v) is 6.17. The number of furan rings is 1. The van der Waals surface area contributed by atoms with Crippen molar-refractivity contribution in [2.45, 2.75) is 6.54 Å². The number of nitrogens with one attached hydrogen (secondary N) is 2. The molecule has 0 saturated heterocycles. The number of aromatic amines is 2. The second-order valence-corrected chi connectivity index (χ2v) is 8.15. The number of aromatic carboxylic acids is 1. The third-order valence-electron chi connectivity index (χ3n) is 6.17. The van der Waals surface area contributed by atoms with Gasteiger partial charge in [-0.25, -0.2) is 9.18 Å². The molecule has 0 aliphatic carbocycles. The van der Waals surface area contributed by atoms with Gasteiger partial charge >= 0.3 is 5.97 Å². The second kappa shape index (κ2) is 7.56. The number of carboxylic acid groups (broad SMARTS) is 1. The topological polar surface area (TPSA) is 121 Å². The summed E-state index contributed by atoms with van der Waals surface area (Å²) in [6.45, 7) is -0.172. The Morgan fingerprint density at radius 3 is 2.69 bits per heavy atom. The molecule has 6 rings (SSSR count). The minimum atomic E-state index is -1.34. The van der Waals surface area contributed by atoms with Crippen LogP contribution in [0.5, 0.6) is 0 Å². The molecular weight excluding hydrogens is 453 g/mol. The van der Waals surface area contributed by atoms with Gasteiger partial charge in [0.15, 0.2) is 0 Å². The van der Waals surface area contributed by atoms with Gasteiger partial charge in [0.1, 0.15) is 17.1 Å². The van der Waals surface area contributed by atoms with Crippen molar-refractivity contribution in [1.29, 1.82) is 0 Å². The van der Waals surface area contributed by atoms with E-state index in [2.05, 4.69) is 9.97 Å². The van der Waals surface area contributed by atoms with Gasteiger partial charge in [0.05, 0.1) is 34.7 Å². The van der Waals surface area contributed by atoms with Crippen molar-refractivity contribution in [2.24, 2.45) is 0 Å². The van der Waals surface area contributed by atoms with Crippen LogP contribution < -0.4 is 11.1 Å². The van der Waals surface area contributed by atoms with Crippen molar-refractivity contribution in [3.05, 3.63) is 105 Å². The van der Waals surface area contributed by atoms with Crippen LogP contribution in [0.2, 0.25) is 0 Å². The standard InChI is InChI=1S/C26H16FN3O5/c27-17-11-19-21(23-15(17)7-9-35-23)20(16-5-3-8-28-25(16)32)22(26(33)34)30(19)12-14-10-13-4-1-2-6-18(13)29-24(14)31/h1-11H,12H2,(H,28,32)(H,29,31)(H,33,34). The van der Waals surface area contributed by atoms with Gasteiger partial charge in [-0.15, -0.1) is 0 Å². The maximum absolute atomic E-state index is 15.0. The summed E-state index contributed by atoms with van der Waals surface area (Å²) < 4.78 is 21.9. The average Bonchev–Trinajstić information content (AvgIpc) is 3.44. The van der Waals surface area contributed by atoms with E-state index in [1.165, 1.54) is 35.2 Å². The molecule has 6 aromatic rings. The Morgan fingerprint density at radius 1 is 1.06 bits per heavy atom. The van der Waals surface area contributed by atoms with Crippen molar-refractivity contribution in [3.63, 3.8) is 0 Å². The second-order valence-electron chi connectivity index (χ2n) is 8.15. The van der Waals surface area contributed by atoms with Crippen LogP contribution in [0.15, 0.2) is 81.1 Å². The van der Waals surface area contributed by atoms with Gasteiger partial charge in [0.25, 0.3) is 11.1 Å². The molecule has 0 saturated carbocycles. The molecule has 0 fully saturated rings. The molecule has 0 unspecified atom stereocenters. The van der Waals surface area contributed by atoms with Crippen LogP contribution in [0.3, 0.4) is 0 Å². The first kappa shape index (κ1) is 20.7. The zero-order valence-corrected chi connectivity index (χ0v) is 18.0. The highest BCUT2D eigenvalue weighted by Gasteiger charge is 2.29. The molecule has 35 heavy (non-hydrogen) atoms. The van der Waals surface area contributed by atoms with Crippen molar-refractivity contribution in [2.75, 3.05) is 0 Å². The maximum Gasteiger partial charge on any atom is 0.353 e. The SMILES string of the molecule is O=C(O)c1c(-c2ccc[nH]c2=O)c2c3occc3c(F)cc2n1Cc1cc2ccccc2[nH]c1=O. The van der Waals surface area contributed by atoms with Gasteiger partial charge < -0.3 is 24.1 Å². The maximum atomic E-state index is 15.0. The van der Waals surface area contributed by atoms with Crippen LogP contribution >= 0.6 is 0 Å². The van der Waals surface area contributed by atoms with E-state index in [1.54, 1.807) is 24.3 Å². The summed E-state index contributed by atoms with van der Waals surface area (Å²) >= 11 is 0. The van der Waals surface area contributed by atoms with Gasteiger partial charge in [-0.2, -0.15) is 0 Å². The quantitative estimate of drug-likeness (QED) is 0.352. The Morgan fingerprint density at radius 2 is 1.89 bits per heavy atom. The van der Waals surface area contributed by atoms with Gasteiger partial charge in [0.2, 0.25) is 0 Å². The fraction of sp³-hybridized carbons (Fsp3) is 0.0385. The molecular formula is C26H16FN3O5. The third kappa shape index (κ3) is 3.09. The zero-order chi connectivity index (χ0) is 24.3. The van der Waals surface area contributed by atoms with Crippen LogP contribution in [-0.2, 0) is 6.54 Å². The van der Waals surface area contributed by atoms with Crippen LogP contribution in [0.4, 0.5) is 4.39 Å². The number of carbonyl (C=O) groups is 1. The van der Waals surface area contributed by atoms with E-state index in [-0.39, 0.29) is 50.8 Å². The first-order valence-electron chi connectivity index (χ1n) is 10.7. The number of pyridine rings is 2. The molecule has 0 amide bonds. The number of para-hydroxylation sites is 1. The number of halogens is 1. The summed E-state index contributed by atoms with van der Waals surface area (Å²) in [5, 5.41) is 11.5. The highest BCUT2D eigenvalue weighted by atomic mass is 19.1. The summed E-state index contributed by atoms with van der Waals surface area (Å²) in [5.41, 5.74) is 0.222. The first-order valence-corrected chi connectivity index (χ1v) is 10.7. The summed E-state index contributed by atoms with van der Waals surface area (Å²) in [6.07, 6.45) is 2.74. The first-order chi connectivity index (χ1) is 16.9. The highest BCUT2D eigenvalue weighted by molar-refractivity contribution is 6.17. The van der Waals surface area contributed by atoms with Crippen molar-refractivity contribution in [3.8, 4) is 11.1 Å². The van der Waals surface area contributed by atoms with Crippen LogP contribution in [0, 0.1) is 5.82 Å². The number of fused-ring (bicyclic) bond motifs is 4. The van der Waals surface area contributed by atoms with E-state index in [0.29, 0.717) is 5.52 Å². The lowest BCUT2D eigenvalue weighted by Crippen LogP contribution is -2.18. The lowest BCUT2D eigenvalue weighted by molar-refractivity contribution is 0.0687. The predicted molar refractivity (Wildman–Crippen MR) is 128 cm³/mol. The molecule has 3 N–H and O–H groups in total. The van der Waals surface area contributed by atoms with Gasteiger partial charge in [-0.3, -0.25) is 9.59 Å². The molecule has 0 spiro atoms. The van der Waals surface area contributed by atoms with E-state index < -0.39 is 22.9 Å². The van der Waals surface area contributed by atoms with Crippen molar-refractivity contribution in [1.82, 2.24) is 14.5 Å². The van der Waals surface area contributed by atoms with E-state index in [4.69, 9.17) is 4.42 Å². The molecule has 4 heterocycles. The molecule has 172 valence electrons. The van der Waals surface area contributed by atoms with E-state index in [9.17, 15) is 19.5 Å². The van der Waals surface area contributed by atoms with Gasteiger partial charge in [-0.05, 0) is 41.8 Å².